The molecule has 0 radical (unpaired) electrons. The molecule has 4 aromatic heterocycles. The fourth-order valence-corrected chi connectivity index (χ4v) is 7.87. The molecule has 0 amide bonds. The summed E-state index contributed by atoms with van der Waals surface area (Å²) in [4.78, 5) is 0. The number of hydrogen-bond acceptors (Lipinski definition) is 2. The molecule has 4 heteroatoms. The molecule has 48 heavy (non-hydrogen) atoms. The van der Waals surface area contributed by atoms with Crippen molar-refractivity contribution in [1.29, 1.82) is 0 Å². The van der Waals surface area contributed by atoms with E-state index in [0.29, 0.717) is 0 Å². The van der Waals surface area contributed by atoms with Crippen LogP contribution in [0.2, 0.25) is 0 Å². The van der Waals surface area contributed by atoms with Crippen LogP contribution in [0.1, 0.15) is 0 Å². The molecule has 4 heterocycles. The summed E-state index contributed by atoms with van der Waals surface area (Å²) >= 11 is 0. The number of fused-ring (bicyclic) bond motifs is 12. The first-order chi connectivity index (χ1) is 23.8. The SMILES string of the molecule is c1ccc(-n2c3ccccc3c3c4c(ccc32)oc2ccc(-c3ccc5c(c3)c3c6ccccc6oc3n5-c3ccccc3)cc24)cc1. The molecule has 0 aliphatic rings. The maximum Gasteiger partial charge on any atom is 0.213 e. The molecule has 11 rings (SSSR count). The summed E-state index contributed by atoms with van der Waals surface area (Å²) in [7, 11) is 0. The van der Waals surface area contributed by atoms with E-state index in [1.54, 1.807) is 0 Å². The van der Waals surface area contributed by atoms with Gasteiger partial charge >= 0.3 is 0 Å². The van der Waals surface area contributed by atoms with Crippen LogP contribution in [0.25, 0.3) is 99.2 Å². The number of furan rings is 2. The van der Waals surface area contributed by atoms with E-state index >= 15 is 0 Å². The molecule has 224 valence electrons. The van der Waals surface area contributed by atoms with Crippen molar-refractivity contribution in [2.45, 2.75) is 0 Å². The molecular weight excluding hydrogens is 588 g/mol. The van der Waals surface area contributed by atoms with Crippen molar-refractivity contribution in [1.82, 2.24) is 9.13 Å². The summed E-state index contributed by atoms with van der Waals surface area (Å²) in [5.74, 6) is 0. The van der Waals surface area contributed by atoms with E-state index in [9.17, 15) is 0 Å². The van der Waals surface area contributed by atoms with Gasteiger partial charge in [0.2, 0.25) is 5.71 Å². The summed E-state index contributed by atoms with van der Waals surface area (Å²) in [5.41, 5.74) is 11.5. The smallest absolute Gasteiger partial charge is 0.213 e. The van der Waals surface area contributed by atoms with Crippen LogP contribution in [0.15, 0.2) is 167 Å². The second-order valence-electron chi connectivity index (χ2n) is 12.5. The first kappa shape index (κ1) is 25.6. The third kappa shape index (κ3) is 3.43. The van der Waals surface area contributed by atoms with Crippen LogP contribution in [0, 0.1) is 0 Å². The van der Waals surface area contributed by atoms with Gasteiger partial charge in [0, 0.05) is 43.7 Å². The molecule has 0 fully saturated rings. The zero-order valence-corrected chi connectivity index (χ0v) is 25.7. The molecule has 0 unspecified atom stereocenters. The first-order valence-electron chi connectivity index (χ1n) is 16.3. The zero-order valence-electron chi connectivity index (χ0n) is 25.7. The number of aromatic nitrogens is 2. The minimum Gasteiger partial charge on any atom is -0.456 e. The standard InChI is InChI=1S/C44H26N2O2/c1-3-11-29(12-4-1)45-35-17-9-7-15-31(35)42-37(45)22-24-40-43(42)34-26-28(20-23-39(34)47-40)27-19-21-36-33(25-27)41-32-16-8-10-18-38(32)48-44(41)46(36)30-13-5-2-6-14-30/h1-26H. The Morgan fingerprint density at radius 1 is 0.333 bits per heavy atom. The molecule has 0 N–H and O–H groups in total. The van der Waals surface area contributed by atoms with Gasteiger partial charge in [-0.2, -0.15) is 0 Å². The van der Waals surface area contributed by atoms with Crippen molar-refractivity contribution in [3.8, 4) is 22.5 Å². The minimum absolute atomic E-state index is 0.864. The van der Waals surface area contributed by atoms with Crippen LogP contribution in [-0.2, 0) is 0 Å². The molecular formula is C44H26N2O2. The van der Waals surface area contributed by atoms with Crippen molar-refractivity contribution < 1.29 is 8.83 Å². The van der Waals surface area contributed by atoms with E-state index in [1.807, 2.05) is 18.2 Å². The van der Waals surface area contributed by atoms with E-state index in [4.69, 9.17) is 8.83 Å². The lowest BCUT2D eigenvalue weighted by molar-refractivity contribution is 0.645. The molecule has 0 aliphatic carbocycles. The molecule has 0 saturated heterocycles. The van der Waals surface area contributed by atoms with Gasteiger partial charge in [-0.1, -0.05) is 84.9 Å². The highest BCUT2D eigenvalue weighted by Crippen LogP contribution is 2.44. The summed E-state index contributed by atoms with van der Waals surface area (Å²) < 4.78 is 17.6. The van der Waals surface area contributed by atoms with Crippen molar-refractivity contribution in [2.24, 2.45) is 0 Å². The third-order valence-electron chi connectivity index (χ3n) is 9.92. The number of hydrogen-bond donors (Lipinski definition) is 0. The maximum atomic E-state index is 6.52. The fraction of sp³-hybridized carbons (Fsp3) is 0. The average Bonchev–Trinajstić information content (AvgIpc) is 3.88. The monoisotopic (exact) mass is 614 g/mol. The van der Waals surface area contributed by atoms with Crippen LogP contribution in [0.4, 0.5) is 0 Å². The third-order valence-corrected chi connectivity index (χ3v) is 9.92. The molecule has 0 aliphatic heterocycles. The summed E-state index contributed by atoms with van der Waals surface area (Å²) in [5, 5.41) is 8.12. The zero-order chi connectivity index (χ0) is 31.3. The van der Waals surface area contributed by atoms with Gasteiger partial charge < -0.3 is 13.4 Å². The van der Waals surface area contributed by atoms with Gasteiger partial charge in [0.1, 0.15) is 16.7 Å². The highest BCUT2D eigenvalue weighted by Gasteiger charge is 2.21. The van der Waals surface area contributed by atoms with Gasteiger partial charge in [0.25, 0.3) is 0 Å². The number of benzene rings is 7. The van der Waals surface area contributed by atoms with Crippen LogP contribution >= 0.6 is 0 Å². The summed E-state index contributed by atoms with van der Waals surface area (Å²) in [6, 6.07) is 55.7. The Hall–Kier alpha value is -6.52. The molecule has 4 nitrogen and oxygen atoms in total. The highest BCUT2D eigenvalue weighted by molar-refractivity contribution is 6.28. The van der Waals surface area contributed by atoms with E-state index in [1.165, 1.54) is 27.2 Å². The maximum absolute atomic E-state index is 6.52. The fourth-order valence-electron chi connectivity index (χ4n) is 7.87. The number of rotatable bonds is 3. The Morgan fingerprint density at radius 2 is 0.917 bits per heavy atom. The molecule has 0 atom stereocenters. The predicted octanol–water partition coefficient (Wildman–Crippen LogP) is 12.2. The van der Waals surface area contributed by atoms with Gasteiger partial charge in [-0.3, -0.25) is 4.57 Å². The lowest BCUT2D eigenvalue weighted by atomic mass is 9.99. The summed E-state index contributed by atoms with van der Waals surface area (Å²) in [6.45, 7) is 0. The van der Waals surface area contributed by atoms with Crippen molar-refractivity contribution in [3.63, 3.8) is 0 Å². The minimum atomic E-state index is 0.864. The lowest BCUT2D eigenvalue weighted by Crippen LogP contribution is -1.92. The summed E-state index contributed by atoms with van der Waals surface area (Å²) in [6.07, 6.45) is 0. The lowest BCUT2D eigenvalue weighted by Gasteiger charge is -2.08. The Bertz CT molecular complexity index is 3050. The van der Waals surface area contributed by atoms with E-state index in [-0.39, 0.29) is 0 Å². The topological polar surface area (TPSA) is 36.1 Å². The van der Waals surface area contributed by atoms with Crippen molar-refractivity contribution in [3.05, 3.63) is 158 Å². The largest absolute Gasteiger partial charge is 0.456 e. The molecule has 7 aromatic carbocycles. The number of para-hydroxylation sites is 4. The predicted molar refractivity (Wildman–Crippen MR) is 198 cm³/mol. The van der Waals surface area contributed by atoms with E-state index in [0.717, 1.165) is 72.0 Å². The van der Waals surface area contributed by atoms with Crippen molar-refractivity contribution >= 4 is 76.7 Å². The number of nitrogens with zero attached hydrogens (tertiary/aromatic N) is 2. The molecule has 11 aromatic rings. The normalized spacial score (nSPS) is 12.2. The van der Waals surface area contributed by atoms with Crippen LogP contribution in [-0.4, -0.2) is 9.13 Å². The van der Waals surface area contributed by atoms with Gasteiger partial charge in [-0.25, -0.2) is 0 Å². The molecule has 0 saturated carbocycles. The highest BCUT2D eigenvalue weighted by atomic mass is 16.3. The van der Waals surface area contributed by atoms with Crippen LogP contribution in [0.3, 0.4) is 0 Å². The van der Waals surface area contributed by atoms with Gasteiger partial charge in [0.05, 0.1) is 21.9 Å². The molecule has 0 bridgehead atoms. The first-order valence-corrected chi connectivity index (χ1v) is 16.3. The Kier molecular flexibility index (Phi) is 5.08. The Labute approximate surface area is 274 Å². The Morgan fingerprint density at radius 3 is 1.73 bits per heavy atom. The van der Waals surface area contributed by atoms with Crippen LogP contribution < -0.4 is 0 Å². The van der Waals surface area contributed by atoms with Gasteiger partial charge in [-0.05, 0) is 83.9 Å². The van der Waals surface area contributed by atoms with E-state index in [2.05, 4.69) is 149 Å². The quantitative estimate of drug-likeness (QED) is 0.198. The van der Waals surface area contributed by atoms with E-state index < -0.39 is 0 Å². The Balaban J connectivity index is 1.19. The van der Waals surface area contributed by atoms with Gasteiger partial charge in [-0.15, -0.1) is 0 Å². The average molecular weight is 615 g/mol. The van der Waals surface area contributed by atoms with Crippen molar-refractivity contribution in [2.75, 3.05) is 0 Å². The van der Waals surface area contributed by atoms with Gasteiger partial charge in [0.15, 0.2) is 0 Å². The second kappa shape index (κ2) is 9.50. The second-order valence-corrected chi connectivity index (χ2v) is 12.5. The molecule has 0 spiro atoms. The van der Waals surface area contributed by atoms with Crippen LogP contribution in [0.5, 0.6) is 0 Å².